The number of Topliss-reactive ketones (excluding diaryl/α,β-unsaturated/α-hetero) is 1. The number of hydrogen-bond donors (Lipinski definition) is 0. The Hall–Kier alpha value is -1.99. The van der Waals surface area contributed by atoms with Crippen LogP contribution in [0.2, 0.25) is 0 Å². The average molecular weight is 335 g/mol. The van der Waals surface area contributed by atoms with Crippen LogP contribution in [0.1, 0.15) is 25.7 Å². The number of esters is 1. The third kappa shape index (κ3) is 4.52. The summed E-state index contributed by atoms with van der Waals surface area (Å²) < 4.78 is 21.0. The first kappa shape index (κ1) is 16.9. The van der Waals surface area contributed by atoms with E-state index in [4.69, 9.17) is 14.2 Å². The number of nitrogens with zero attached hydrogens (tertiary/aromatic N) is 1. The van der Waals surface area contributed by atoms with Crippen LogP contribution in [0.3, 0.4) is 0 Å². The summed E-state index contributed by atoms with van der Waals surface area (Å²) >= 11 is 0. The molecule has 0 aromatic rings. The van der Waals surface area contributed by atoms with E-state index in [0.29, 0.717) is 18.9 Å². The summed E-state index contributed by atoms with van der Waals surface area (Å²) in [5.41, 5.74) is 1.32. The summed E-state index contributed by atoms with van der Waals surface area (Å²) in [6, 6.07) is 0.0456. The summed E-state index contributed by atoms with van der Waals surface area (Å²) in [4.78, 5) is 27.3. The maximum atomic E-state index is 11.7. The van der Waals surface area contributed by atoms with Crippen molar-refractivity contribution in [3.8, 4) is 0 Å². The van der Waals surface area contributed by atoms with Gasteiger partial charge in [-0.25, -0.2) is 4.99 Å². The standard InChI is InChI=1S/C17H21NO6/c1-21-16(20)8-12(19)9-23-17(14-10-22-14)24-15-7-6-11-4-2-3-5-13(11)18-15/h3,5-6,13-14,17H,2,4,7-10H2,1H3. The molecule has 1 saturated heterocycles. The molecule has 3 rings (SSSR count). The van der Waals surface area contributed by atoms with Crippen molar-refractivity contribution in [1.82, 2.24) is 0 Å². The van der Waals surface area contributed by atoms with E-state index in [0.717, 1.165) is 12.8 Å². The number of carbonyl (C=O) groups excluding carboxylic acids is 2. The number of rotatable bonds is 7. The Morgan fingerprint density at radius 2 is 2.29 bits per heavy atom. The first-order valence-corrected chi connectivity index (χ1v) is 8.06. The smallest absolute Gasteiger partial charge is 0.313 e. The van der Waals surface area contributed by atoms with Gasteiger partial charge in [-0.05, 0) is 18.4 Å². The number of ketones is 1. The van der Waals surface area contributed by atoms with Gasteiger partial charge < -0.3 is 18.9 Å². The van der Waals surface area contributed by atoms with Crippen molar-refractivity contribution in [3.05, 3.63) is 23.8 Å². The lowest BCUT2D eigenvalue weighted by Crippen LogP contribution is -2.31. The molecular formula is C17H21NO6. The molecule has 3 unspecified atom stereocenters. The lowest BCUT2D eigenvalue weighted by molar-refractivity contribution is -0.149. The third-order valence-electron chi connectivity index (χ3n) is 4.01. The van der Waals surface area contributed by atoms with E-state index in [2.05, 4.69) is 28.0 Å². The quantitative estimate of drug-likeness (QED) is 0.229. The van der Waals surface area contributed by atoms with Gasteiger partial charge in [0.2, 0.25) is 6.29 Å². The Balaban J connectivity index is 1.52. The topological polar surface area (TPSA) is 86.7 Å². The molecule has 7 heteroatoms. The van der Waals surface area contributed by atoms with Gasteiger partial charge in [0, 0.05) is 6.42 Å². The number of hydrogen-bond acceptors (Lipinski definition) is 7. The van der Waals surface area contributed by atoms with Crippen LogP contribution < -0.4 is 0 Å². The van der Waals surface area contributed by atoms with E-state index in [1.54, 1.807) is 0 Å². The molecule has 0 radical (unpaired) electrons. The van der Waals surface area contributed by atoms with Gasteiger partial charge in [0.1, 0.15) is 19.1 Å². The molecule has 2 aliphatic heterocycles. The van der Waals surface area contributed by atoms with E-state index in [1.807, 2.05) is 0 Å². The van der Waals surface area contributed by atoms with Crippen LogP contribution in [0, 0.1) is 0 Å². The summed E-state index contributed by atoms with van der Waals surface area (Å²) in [7, 11) is 1.24. The van der Waals surface area contributed by atoms with Gasteiger partial charge in [-0.2, -0.15) is 0 Å². The fourth-order valence-electron chi connectivity index (χ4n) is 2.62. The van der Waals surface area contributed by atoms with Crippen molar-refractivity contribution in [2.24, 2.45) is 4.99 Å². The van der Waals surface area contributed by atoms with Crippen molar-refractivity contribution in [3.63, 3.8) is 0 Å². The summed E-state index contributed by atoms with van der Waals surface area (Å²) in [5.74, 6) is -0.363. The zero-order chi connectivity index (χ0) is 16.9. The summed E-state index contributed by atoms with van der Waals surface area (Å²) in [5, 5.41) is 0. The molecule has 1 fully saturated rings. The predicted molar refractivity (Wildman–Crippen MR) is 84.5 cm³/mol. The minimum absolute atomic E-state index is 0.0456. The number of fused-ring (bicyclic) bond motifs is 1. The fraction of sp³-hybridized carbons (Fsp3) is 0.588. The molecule has 3 atom stereocenters. The second-order valence-corrected chi connectivity index (χ2v) is 5.88. The van der Waals surface area contributed by atoms with Crippen molar-refractivity contribution in [2.75, 3.05) is 20.3 Å². The molecule has 0 N–H and O–H groups in total. The predicted octanol–water partition coefficient (Wildman–Crippen LogP) is 1.32. The lowest BCUT2D eigenvalue weighted by Gasteiger charge is -2.25. The van der Waals surface area contributed by atoms with Crippen LogP contribution in [0.25, 0.3) is 0 Å². The number of dihydropyridines is 1. The molecule has 2 heterocycles. The number of carbonyl (C=O) groups is 2. The highest BCUT2D eigenvalue weighted by atomic mass is 16.7. The lowest BCUT2D eigenvalue weighted by atomic mass is 9.94. The maximum Gasteiger partial charge on any atom is 0.313 e. The molecule has 0 amide bonds. The van der Waals surface area contributed by atoms with Gasteiger partial charge in [0.15, 0.2) is 11.7 Å². The average Bonchev–Trinajstić information content (AvgIpc) is 3.43. The highest BCUT2D eigenvalue weighted by Crippen LogP contribution is 2.27. The molecule has 130 valence electrons. The molecule has 0 spiro atoms. The van der Waals surface area contributed by atoms with Crippen molar-refractivity contribution >= 4 is 17.7 Å². The van der Waals surface area contributed by atoms with E-state index in [-0.39, 0.29) is 31.0 Å². The van der Waals surface area contributed by atoms with Gasteiger partial charge in [-0.15, -0.1) is 0 Å². The van der Waals surface area contributed by atoms with Crippen LogP contribution in [0.15, 0.2) is 28.8 Å². The number of aliphatic imine (C=N–C) groups is 1. The van der Waals surface area contributed by atoms with E-state index >= 15 is 0 Å². The minimum Gasteiger partial charge on any atom is -0.469 e. The van der Waals surface area contributed by atoms with Gasteiger partial charge in [0.05, 0.1) is 19.8 Å². The van der Waals surface area contributed by atoms with Crippen LogP contribution >= 0.6 is 0 Å². The monoisotopic (exact) mass is 335 g/mol. The van der Waals surface area contributed by atoms with E-state index < -0.39 is 12.3 Å². The minimum atomic E-state index is -0.687. The Kier molecular flexibility index (Phi) is 5.42. The number of methoxy groups -OCH3 is 1. The Morgan fingerprint density at radius 1 is 1.46 bits per heavy atom. The van der Waals surface area contributed by atoms with E-state index in [1.165, 1.54) is 12.7 Å². The van der Waals surface area contributed by atoms with Crippen molar-refractivity contribution in [2.45, 2.75) is 44.1 Å². The van der Waals surface area contributed by atoms with Gasteiger partial charge >= 0.3 is 5.97 Å². The van der Waals surface area contributed by atoms with Gasteiger partial charge in [-0.1, -0.05) is 18.2 Å². The molecule has 7 nitrogen and oxygen atoms in total. The second kappa shape index (κ2) is 7.72. The molecule has 24 heavy (non-hydrogen) atoms. The molecule has 3 aliphatic rings. The number of ether oxygens (including phenoxy) is 4. The van der Waals surface area contributed by atoms with Crippen LogP contribution in [-0.2, 0) is 28.5 Å². The zero-order valence-electron chi connectivity index (χ0n) is 13.6. The molecule has 0 aromatic heterocycles. The van der Waals surface area contributed by atoms with Crippen molar-refractivity contribution < 1.29 is 28.5 Å². The molecular weight excluding hydrogens is 314 g/mol. The van der Waals surface area contributed by atoms with Crippen LogP contribution in [0.4, 0.5) is 0 Å². The first-order valence-electron chi connectivity index (χ1n) is 8.06. The van der Waals surface area contributed by atoms with Gasteiger partial charge in [-0.3, -0.25) is 9.59 Å². The Morgan fingerprint density at radius 3 is 3.04 bits per heavy atom. The normalized spacial score (nSPS) is 25.9. The molecule has 0 saturated carbocycles. The maximum absolute atomic E-state index is 11.7. The number of allylic oxidation sites excluding steroid dienone is 1. The fourth-order valence-corrected chi connectivity index (χ4v) is 2.62. The molecule has 1 aliphatic carbocycles. The summed E-state index contributed by atoms with van der Waals surface area (Å²) in [6.07, 6.45) is 7.84. The highest BCUT2D eigenvalue weighted by molar-refractivity contribution is 5.96. The zero-order valence-corrected chi connectivity index (χ0v) is 13.6. The first-order chi connectivity index (χ1) is 11.7. The molecule has 0 bridgehead atoms. The van der Waals surface area contributed by atoms with Crippen LogP contribution in [-0.4, -0.2) is 56.4 Å². The largest absolute Gasteiger partial charge is 0.469 e. The SMILES string of the molecule is COC(=O)CC(=O)COC(OC1=NC2C=CCCC2=CC1)C1CO1. The third-order valence-corrected chi connectivity index (χ3v) is 4.01. The molecule has 0 aromatic carbocycles. The van der Waals surface area contributed by atoms with E-state index in [9.17, 15) is 9.59 Å². The Bertz CT molecular complexity index is 590. The second-order valence-electron chi connectivity index (χ2n) is 5.88. The Labute approximate surface area is 140 Å². The number of epoxide rings is 1. The van der Waals surface area contributed by atoms with Crippen molar-refractivity contribution in [1.29, 1.82) is 0 Å². The van der Waals surface area contributed by atoms with Crippen LogP contribution in [0.5, 0.6) is 0 Å². The summed E-state index contributed by atoms with van der Waals surface area (Å²) in [6.45, 7) is 0.297. The van der Waals surface area contributed by atoms with Gasteiger partial charge in [0.25, 0.3) is 0 Å². The highest BCUT2D eigenvalue weighted by Gasteiger charge is 2.37.